The first kappa shape index (κ1) is 20.6. The van der Waals surface area contributed by atoms with Crippen molar-refractivity contribution in [1.29, 1.82) is 10.5 Å². The van der Waals surface area contributed by atoms with Crippen molar-refractivity contribution >= 4 is 46.4 Å². The number of hydrogen-bond acceptors (Lipinski definition) is 9. The molecule has 0 radical (unpaired) electrons. The number of carbonyl (C=O) groups excluding carboxylic acids is 1. The van der Waals surface area contributed by atoms with E-state index in [9.17, 15) is 14.9 Å². The normalized spacial score (nSPS) is 9.71. The zero-order chi connectivity index (χ0) is 20.7. The van der Waals surface area contributed by atoms with Gasteiger partial charge in [0.2, 0.25) is 11.6 Å². The van der Waals surface area contributed by atoms with E-state index in [0.717, 1.165) is 11.2 Å². The molecule has 2 aromatic rings. The lowest BCUT2D eigenvalue weighted by atomic mass is 10.2. The quantitative estimate of drug-likeness (QED) is 0.388. The number of nitrogens with zero attached hydrogens (tertiary/aromatic N) is 6. The van der Waals surface area contributed by atoms with Crippen LogP contribution in [0, 0.1) is 32.8 Å². The van der Waals surface area contributed by atoms with Crippen LogP contribution in [0.5, 0.6) is 0 Å². The summed E-state index contributed by atoms with van der Waals surface area (Å²) < 4.78 is 0. The van der Waals surface area contributed by atoms with Crippen molar-refractivity contribution in [1.82, 2.24) is 15.4 Å². The zero-order valence-electron chi connectivity index (χ0n) is 13.9. The van der Waals surface area contributed by atoms with Crippen molar-refractivity contribution < 1.29 is 9.72 Å². The molecule has 1 amide bonds. The molecule has 0 bridgehead atoms. The Morgan fingerprint density at radius 1 is 1.25 bits per heavy atom. The monoisotopic (exact) mass is 420 g/mol. The first-order chi connectivity index (χ1) is 13.4. The minimum absolute atomic E-state index is 0.0751. The van der Waals surface area contributed by atoms with Crippen LogP contribution in [-0.4, -0.2) is 33.9 Å². The lowest BCUT2D eigenvalue weighted by Gasteiger charge is -2.17. The van der Waals surface area contributed by atoms with Crippen molar-refractivity contribution in [3.63, 3.8) is 0 Å². The molecule has 0 saturated heterocycles. The van der Waals surface area contributed by atoms with Gasteiger partial charge in [0.25, 0.3) is 5.91 Å². The van der Waals surface area contributed by atoms with Gasteiger partial charge in [0.15, 0.2) is 0 Å². The Kier molecular flexibility index (Phi) is 6.87. The van der Waals surface area contributed by atoms with Crippen LogP contribution in [0.1, 0.15) is 10.4 Å². The SMILES string of the molecule is N#CCN(CC#N)c1ncnc(NNC(=O)c2ccc(Cl)cc2Cl)c1[N+](=O)[O-]. The number of nitriles is 2. The second-order valence-corrected chi connectivity index (χ2v) is 5.87. The van der Waals surface area contributed by atoms with Crippen molar-refractivity contribution in [2.75, 3.05) is 23.4 Å². The number of hydrogen-bond donors (Lipinski definition) is 2. The van der Waals surface area contributed by atoms with Gasteiger partial charge in [0.1, 0.15) is 19.4 Å². The van der Waals surface area contributed by atoms with Gasteiger partial charge in [-0.1, -0.05) is 23.2 Å². The number of anilines is 2. The summed E-state index contributed by atoms with van der Waals surface area (Å²) in [7, 11) is 0. The van der Waals surface area contributed by atoms with Crippen molar-refractivity contribution in [3.05, 3.63) is 50.2 Å². The van der Waals surface area contributed by atoms with Crippen LogP contribution >= 0.6 is 23.2 Å². The van der Waals surface area contributed by atoms with Gasteiger partial charge >= 0.3 is 5.69 Å². The molecule has 2 N–H and O–H groups in total. The molecule has 11 nitrogen and oxygen atoms in total. The largest absolute Gasteiger partial charge is 0.355 e. The van der Waals surface area contributed by atoms with E-state index in [0.29, 0.717) is 5.02 Å². The lowest BCUT2D eigenvalue weighted by molar-refractivity contribution is -0.383. The topological polar surface area (TPSA) is 161 Å². The average Bonchev–Trinajstić information content (AvgIpc) is 2.65. The van der Waals surface area contributed by atoms with Crippen molar-refractivity contribution in [2.24, 2.45) is 0 Å². The van der Waals surface area contributed by atoms with Crippen molar-refractivity contribution in [2.45, 2.75) is 0 Å². The van der Waals surface area contributed by atoms with E-state index in [1.807, 2.05) is 0 Å². The number of hydrazine groups is 1. The van der Waals surface area contributed by atoms with E-state index < -0.39 is 16.5 Å². The molecule has 28 heavy (non-hydrogen) atoms. The van der Waals surface area contributed by atoms with Gasteiger partial charge < -0.3 is 4.90 Å². The summed E-state index contributed by atoms with van der Waals surface area (Å²) in [6.45, 7) is -0.616. The van der Waals surface area contributed by atoms with E-state index in [1.54, 1.807) is 12.1 Å². The predicted octanol–water partition coefficient (Wildman–Crippen LogP) is 2.30. The Balaban J connectivity index is 2.32. The Bertz CT molecular complexity index is 986. The number of amides is 1. The first-order valence-electron chi connectivity index (χ1n) is 7.38. The Morgan fingerprint density at radius 2 is 1.93 bits per heavy atom. The lowest BCUT2D eigenvalue weighted by Crippen LogP contribution is -2.31. The molecular formula is C15H10Cl2N8O3. The molecule has 2 rings (SSSR count). The first-order valence-corrected chi connectivity index (χ1v) is 8.14. The maximum Gasteiger partial charge on any atom is 0.355 e. The fraction of sp³-hybridized carbons (Fsp3) is 0.133. The highest BCUT2D eigenvalue weighted by molar-refractivity contribution is 6.36. The predicted molar refractivity (Wildman–Crippen MR) is 99.7 cm³/mol. The van der Waals surface area contributed by atoms with Gasteiger partial charge in [-0.2, -0.15) is 10.5 Å². The van der Waals surface area contributed by atoms with E-state index in [2.05, 4.69) is 20.8 Å². The molecule has 0 fully saturated rings. The van der Waals surface area contributed by atoms with Gasteiger partial charge in [0.05, 0.1) is 27.6 Å². The number of nitro groups is 1. The number of rotatable bonds is 7. The maximum atomic E-state index is 12.2. The number of benzene rings is 1. The van der Waals surface area contributed by atoms with Crippen LogP contribution in [-0.2, 0) is 0 Å². The summed E-state index contributed by atoms with van der Waals surface area (Å²) in [6, 6.07) is 7.79. The van der Waals surface area contributed by atoms with Gasteiger partial charge in [-0.15, -0.1) is 0 Å². The molecule has 1 aromatic carbocycles. The smallest absolute Gasteiger partial charge is 0.324 e. The molecule has 0 saturated carbocycles. The molecule has 13 heteroatoms. The second kappa shape index (κ2) is 9.32. The molecule has 0 aliphatic rings. The van der Waals surface area contributed by atoms with E-state index >= 15 is 0 Å². The average molecular weight is 421 g/mol. The highest BCUT2D eigenvalue weighted by atomic mass is 35.5. The fourth-order valence-electron chi connectivity index (χ4n) is 2.09. The molecule has 1 aromatic heterocycles. The maximum absolute atomic E-state index is 12.2. The van der Waals surface area contributed by atoms with Gasteiger partial charge in [-0.25, -0.2) is 9.97 Å². The Labute approximate surface area is 168 Å². The van der Waals surface area contributed by atoms with Gasteiger partial charge in [0, 0.05) is 5.02 Å². The zero-order valence-corrected chi connectivity index (χ0v) is 15.4. The minimum Gasteiger partial charge on any atom is -0.324 e. The summed E-state index contributed by atoms with van der Waals surface area (Å²) in [5.74, 6) is -1.28. The second-order valence-electron chi connectivity index (χ2n) is 5.03. The molecule has 0 aliphatic carbocycles. The number of aromatic nitrogens is 2. The Morgan fingerprint density at radius 3 is 2.50 bits per heavy atom. The van der Waals surface area contributed by atoms with Crippen LogP contribution in [0.4, 0.5) is 17.3 Å². The minimum atomic E-state index is -0.791. The highest BCUT2D eigenvalue weighted by Crippen LogP contribution is 2.31. The molecule has 0 aliphatic heterocycles. The summed E-state index contributed by atoms with van der Waals surface area (Å²) in [4.78, 5) is 31.6. The fourth-order valence-corrected chi connectivity index (χ4v) is 2.59. The number of nitrogens with one attached hydrogen (secondary N) is 2. The summed E-state index contributed by atoms with van der Waals surface area (Å²) in [6.07, 6.45) is 0.994. The molecule has 0 unspecified atom stereocenters. The highest BCUT2D eigenvalue weighted by Gasteiger charge is 2.27. The van der Waals surface area contributed by atoms with Crippen molar-refractivity contribution in [3.8, 4) is 12.1 Å². The number of halogens is 2. The number of carbonyl (C=O) groups is 1. The summed E-state index contributed by atoms with van der Waals surface area (Å²) in [5, 5.41) is 29.6. The molecule has 0 spiro atoms. The molecule has 0 atom stereocenters. The molecule has 142 valence electrons. The van der Waals surface area contributed by atoms with E-state index in [1.165, 1.54) is 18.2 Å². The third-order valence-corrected chi connectivity index (χ3v) is 3.83. The van der Waals surface area contributed by atoms with Crippen LogP contribution in [0.15, 0.2) is 24.5 Å². The van der Waals surface area contributed by atoms with Crippen LogP contribution in [0.2, 0.25) is 10.0 Å². The van der Waals surface area contributed by atoms with E-state index in [-0.39, 0.29) is 35.3 Å². The van der Waals surface area contributed by atoms with Crippen LogP contribution in [0.25, 0.3) is 0 Å². The third-order valence-electron chi connectivity index (χ3n) is 3.28. The summed E-state index contributed by atoms with van der Waals surface area (Å²) >= 11 is 11.7. The van der Waals surface area contributed by atoms with Crippen LogP contribution < -0.4 is 15.8 Å². The van der Waals surface area contributed by atoms with Crippen LogP contribution in [0.3, 0.4) is 0 Å². The summed E-state index contributed by atoms with van der Waals surface area (Å²) in [5.41, 5.74) is 4.04. The Hall–Kier alpha value is -3.67. The third kappa shape index (κ3) is 4.73. The molecule has 1 heterocycles. The van der Waals surface area contributed by atoms with Gasteiger partial charge in [-0.05, 0) is 18.2 Å². The molecular weight excluding hydrogens is 411 g/mol. The van der Waals surface area contributed by atoms with E-state index in [4.69, 9.17) is 33.7 Å². The standard InChI is InChI=1S/C15H10Cl2N8O3/c16-9-1-2-10(11(17)7-9)15(26)23-22-13-12(25(27)28)14(21-8-20-13)24(5-3-18)6-4-19/h1-2,7-8H,5-6H2,(H,23,26)(H,20,21,22). The van der Waals surface area contributed by atoms with Gasteiger partial charge in [-0.3, -0.25) is 25.8 Å².